The van der Waals surface area contributed by atoms with Crippen LogP contribution in [0.5, 0.6) is 0 Å². The van der Waals surface area contributed by atoms with Crippen molar-refractivity contribution in [2.45, 2.75) is 26.9 Å². The zero-order valence-electron chi connectivity index (χ0n) is 9.66. The maximum atomic E-state index is 11.7. The molecule has 0 spiro atoms. The van der Waals surface area contributed by atoms with Gasteiger partial charge in [0.05, 0.1) is 5.56 Å². The summed E-state index contributed by atoms with van der Waals surface area (Å²) >= 11 is 5.75. The lowest BCUT2D eigenvalue weighted by atomic mass is 10.1. The fourth-order valence-corrected chi connectivity index (χ4v) is 1.27. The van der Waals surface area contributed by atoms with Crippen molar-refractivity contribution in [1.82, 2.24) is 0 Å². The molecule has 0 bridgehead atoms. The Bertz CT molecular complexity index is 391. The highest BCUT2D eigenvalue weighted by atomic mass is 35.5. The molecule has 4 heteroatoms. The molecule has 16 heavy (non-hydrogen) atoms. The van der Waals surface area contributed by atoms with Crippen LogP contribution in [0.1, 0.15) is 31.1 Å². The molecule has 0 saturated carbocycles. The van der Waals surface area contributed by atoms with Crippen LogP contribution >= 0.6 is 11.6 Å². The van der Waals surface area contributed by atoms with Gasteiger partial charge in [-0.3, -0.25) is 0 Å². The first-order valence-corrected chi connectivity index (χ1v) is 5.55. The van der Waals surface area contributed by atoms with Crippen LogP contribution in [-0.2, 0) is 4.74 Å². The van der Waals surface area contributed by atoms with Crippen LogP contribution in [0.3, 0.4) is 0 Å². The number of carbonyl (C=O) groups is 1. The molecule has 0 aliphatic heterocycles. The average molecular weight is 242 g/mol. The minimum absolute atomic E-state index is 0.137. The van der Waals surface area contributed by atoms with E-state index in [0.717, 1.165) is 0 Å². The first kappa shape index (κ1) is 12.8. The molecule has 1 aromatic carbocycles. The SMILES string of the molecule is CC(C)C(C)OC(=O)c1ccc(Cl)cc1N. The molecule has 1 atom stereocenters. The Morgan fingerprint density at radius 1 is 1.38 bits per heavy atom. The van der Waals surface area contributed by atoms with Gasteiger partial charge in [-0.25, -0.2) is 4.79 Å². The molecular formula is C12H16ClNO2. The summed E-state index contributed by atoms with van der Waals surface area (Å²) in [4.78, 5) is 11.7. The molecule has 2 N–H and O–H groups in total. The second-order valence-electron chi connectivity index (χ2n) is 4.09. The highest BCUT2D eigenvalue weighted by molar-refractivity contribution is 6.31. The maximum absolute atomic E-state index is 11.7. The van der Waals surface area contributed by atoms with Crippen LogP contribution in [0, 0.1) is 5.92 Å². The Balaban J connectivity index is 2.81. The van der Waals surface area contributed by atoms with Gasteiger partial charge in [-0.2, -0.15) is 0 Å². The third-order valence-corrected chi connectivity index (χ3v) is 2.70. The third-order valence-electron chi connectivity index (χ3n) is 2.47. The average Bonchev–Trinajstić information content (AvgIpc) is 2.16. The predicted octanol–water partition coefficient (Wildman–Crippen LogP) is 3.12. The largest absolute Gasteiger partial charge is 0.459 e. The van der Waals surface area contributed by atoms with Gasteiger partial charge in [0.25, 0.3) is 0 Å². The zero-order valence-corrected chi connectivity index (χ0v) is 10.4. The number of benzene rings is 1. The van der Waals surface area contributed by atoms with Gasteiger partial charge in [0.1, 0.15) is 6.10 Å². The Morgan fingerprint density at radius 2 is 2.00 bits per heavy atom. The lowest BCUT2D eigenvalue weighted by Gasteiger charge is -2.17. The van der Waals surface area contributed by atoms with Crippen molar-refractivity contribution in [1.29, 1.82) is 0 Å². The third kappa shape index (κ3) is 3.14. The molecule has 3 nitrogen and oxygen atoms in total. The van der Waals surface area contributed by atoms with E-state index in [-0.39, 0.29) is 12.0 Å². The number of nitrogens with two attached hydrogens (primary N) is 1. The topological polar surface area (TPSA) is 52.3 Å². The van der Waals surface area contributed by atoms with Crippen molar-refractivity contribution >= 4 is 23.3 Å². The van der Waals surface area contributed by atoms with Crippen LogP contribution in [0.4, 0.5) is 5.69 Å². The number of ether oxygens (including phenoxy) is 1. The van der Waals surface area contributed by atoms with Crippen molar-refractivity contribution in [3.05, 3.63) is 28.8 Å². The lowest BCUT2D eigenvalue weighted by Crippen LogP contribution is -2.20. The summed E-state index contributed by atoms with van der Waals surface area (Å²) in [7, 11) is 0. The van der Waals surface area contributed by atoms with E-state index < -0.39 is 5.97 Å². The molecule has 0 amide bonds. The standard InChI is InChI=1S/C12H16ClNO2/c1-7(2)8(3)16-12(15)10-5-4-9(13)6-11(10)14/h4-8H,14H2,1-3H3. The van der Waals surface area contributed by atoms with Gasteiger partial charge in [-0.1, -0.05) is 25.4 Å². The van der Waals surface area contributed by atoms with E-state index in [0.29, 0.717) is 16.3 Å². The smallest absolute Gasteiger partial charge is 0.340 e. The molecule has 0 aliphatic carbocycles. The number of hydrogen-bond donors (Lipinski definition) is 1. The summed E-state index contributed by atoms with van der Waals surface area (Å²) in [5, 5.41) is 0.506. The summed E-state index contributed by atoms with van der Waals surface area (Å²) in [6.45, 7) is 5.83. The highest BCUT2D eigenvalue weighted by Gasteiger charge is 2.16. The summed E-state index contributed by atoms with van der Waals surface area (Å²) in [6, 6.07) is 4.74. The van der Waals surface area contributed by atoms with Crippen molar-refractivity contribution in [3.8, 4) is 0 Å². The quantitative estimate of drug-likeness (QED) is 0.654. The van der Waals surface area contributed by atoms with Gasteiger partial charge in [0.15, 0.2) is 0 Å². The molecule has 1 rings (SSSR count). The molecule has 0 fully saturated rings. The van der Waals surface area contributed by atoms with Gasteiger partial charge in [0, 0.05) is 10.7 Å². The fourth-order valence-electron chi connectivity index (χ4n) is 1.09. The first-order valence-electron chi connectivity index (χ1n) is 5.18. The normalized spacial score (nSPS) is 12.6. The number of nitrogen functional groups attached to an aromatic ring is 1. The van der Waals surface area contributed by atoms with Crippen LogP contribution in [0.15, 0.2) is 18.2 Å². The van der Waals surface area contributed by atoms with Crippen LogP contribution < -0.4 is 5.73 Å². The van der Waals surface area contributed by atoms with E-state index in [2.05, 4.69) is 0 Å². The van der Waals surface area contributed by atoms with Crippen LogP contribution in [0.25, 0.3) is 0 Å². The van der Waals surface area contributed by atoms with Gasteiger partial charge in [-0.05, 0) is 31.0 Å². The Morgan fingerprint density at radius 3 is 2.50 bits per heavy atom. The Labute approximate surface area is 101 Å². The van der Waals surface area contributed by atoms with Gasteiger partial charge in [0.2, 0.25) is 0 Å². The van der Waals surface area contributed by atoms with Gasteiger partial charge in [-0.15, -0.1) is 0 Å². The highest BCUT2D eigenvalue weighted by Crippen LogP contribution is 2.20. The van der Waals surface area contributed by atoms with E-state index in [1.807, 2.05) is 20.8 Å². The molecule has 1 aromatic rings. The molecule has 0 aliphatic rings. The van der Waals surface area contributed by atoms with Crippen LogP contribution in [0.2, 0.25) is 5.02 Å². The zero-order chi connectivity index (χ0) is 12.3. The van der Waals surface area contributed by atoms with E-state index >= 15 is 0 Å². The summed E-state index contributed by atoms with van der Waals surface area (Å²) in [5.74, 6) is -0.132. The van der Waals surface area contributed by atoms with Crippen LogP contribution in [-0.4, -0.2) is 12.1 Å². The number of hydrogen-bond acceptors (Lipinski definition) is 3. The monoisotopic (exact) mass is 241 g/mol. The fraction of sp³-hybridized carbons (Fsp3) is 0.417. The van der Waals surface area contributed by atoms with Crippen molar-refractivity contribution in [3.63, 3.8) is 0 Å². The predicted molar refractivity (Wildman–Crippen MR) is 65.6 cm³/mol. The molecule has 1 unspecified atom stereocenters. The summed E-state index contributed by atoms with van der Waals surface area (Å²) in [6.07, 6.45) is -0.137. The molecule has 0 radical (unpaired) electrons. The number of halogens is 1. The Hall–Kier alpha value is -1.22. The van der Waals surface area contributed by atoms with Crippen molar-refractivity contribution in [2.75, 3.05) is 5.73 Å². The van der Waals surface area contributed by atoms with Gasteiger partial charge >= 0.3 is 5.97 Å². The lowest BCUT2D eigenvalue weighted by molar-refractivity contribution is 0.0239. The Kier molecular flexibility index (Phi) is 4.19. The van der Waals surface area contributed by atoms with Gasteiger partial charge < -0.3 is 10.5 Å². The number of anilines is 1. The number of esters is 1. The molecule has 0 heterocycles. The number of rotatable bonds is 3. The first-order chi connectivity index (χ1) is 7.41. The van der Waals surface area contributed by atoms with E-state index in [1.54, 1.807) is 12.1 Å². The molecule has 0 saturated heterocycles. The second-order valence-corrected chi connectivity index (χ2v) is 4.52. The van der Waals surface area contributed by atoms with E-state index in [9.17, 15) is 4.79 Å². The maximum Gasteiger partial charge on any atom is 0.340 e. The molecular weight excluding hydrogens is 226 g/mol. The number of carbonyl (C=O) groups excluding carboxylic acids is 1. The summed E-state index contributed by atoms with van der Waals surface area (Å²) < 4.78 is 5.26. The molecule has 88 valence electrons. The van der Waals surface area contributed by atoms with E-state index in [4.69, 9.17) is 22.1 Å². The van der Waals surface area contributed by atoms with Crippen molar-refractivity contribution < 1.29 is 9.53 Å². The van der Waals surface area contributed by atoms with E-state index in [1.165, 1.54) is 6.07 Å². The minimum atomic E-state index is -0.407. The minimum Gasteiger partial charge on any atom is -0.459 e. The van der Waals surface area contributed by atoms with Crippen molar-refractivity contribution in [2.24, 2.45) is 5.92 Å². The summed E-state index contributed by atoms with van der Waals surface area (Å²) in [5.41, 5.74) is 6.39. The molecule has 0 aromatic heterocycles. The second kappa shape index (κ2) is 5.21.